The quantitative estimate of drug-likeness (QED) is 0.856. The van der Waals surface area contributed by atoms with Crippen molar-refractivity contribution >= 4 is 39.3 Å². The number of likely N-dealkylation sites (N-methyl/N-ethyl adjacent to an activating group) is 1. The van der Waals surface area contributed by atoms with Crippen LogP contribution in [0.1, 0.15) is 13.8 Å². The third-order valence-corrected chi connectivity index (χ3v) is 3.87. The minimum atomic E-state index is 0.739. The van der Waals surface area contributed by atoms with Gasteiger partial charge in [-0.1, -0.05) is 13.8 Å². The molecular weight excluding hydrogens is 312 g/mol. The van der Waals surface area contributed by atoms with E-state index in [1.165, 1.54) is 0 Å². The zero-order chi connectivity index (χ0) is 13.1. The van der Waals surface area contributed by atoms with Crippen molar-refractivity contribution in [2.24, 2.45) is 0 Å². The van der Waals surface area contributed by atoms with Crippen LogP contribution >= 0.6 is 28.1 Å². The molecule has 0 aliphatic heterocycles. The molecular formula is C12H17BrN4S. The van der Waals surface area contributed by atoms with Crippen LogP contribution in [0.5, 0.6) is 0 Å². The second-order valence-electron chi connectivity index (χ2n) is 4.13. The van der Waals surface area contributed by atoms with Gasteiger partial charge in [0.15, 0.2) is 10.4 Å². The Bertz CT molecular complexity index is 585. The number of hydrogen-bond acceptors (Lipinski definition) is 3. The Hall–Kier alpha value is -0.720. The van der Waals surface area contributed by atoms with E-state index in [2.05, 4.69) is 49.2 Å². The average Bonchev–Trinajstić information content (AvgIpc) is 2.66. The number of aromatic nitrogens is 3. The lowest BCUT2D eigenvalue weighted by Crippen LogP contribution is -2.27. The van der Waals surface area contributed by atoms with Crippen molar-refractivity contribution < 1.29 is 0 Å². The summed E-state index contributed by atoms with van der Waals surface area (Å²) in [4.78, 5) is 10.00. The molecule has 98 valence electrons. The highest BCUT2D eigenvalue weighted by atomic mass is 79.9. The monoisotopic (exact) mass is 328 g/mol. The maximum atomic E-state index is 5.35. The SMILES string of the molecule is CCN(CC)CCn1c(=S)[nH]c2cc(Br)cnc21. The molecule has 2 rings (SSSR count). The zero-order valence-electron chi connectivity index (χ0n) is 10.6. The first-order chi connectivity index (χ1) is 8.65. The number of nitrogens with zero attached hydrogens (tertiary/aromatic N) is 3. The predicted molar refractivity (Wildman–Crippen MR) is 80.4 cm³/mol. The summed E-state index contributed by atoms with van der Waals surface area (Å²) in [6.45, 7) is 8.33. The number of aromatic amines is 1. The van der Waals surface area contributed by atoms with Gasteiger partial charge in [-0.25, -0.2) is 4.98 Å². The number of hydrogen-bond donors (Lipinski definition) is 1. The smallest absolute Gasteiger partial charge is 0.179 e. The Labute approximate surface area is 120 Å². The second-order valence-corrected chi connectivity index (χ2v) is 5.44. The van der Waals surface area contributed by atoms with Gasteiger partial charge in [-0.3, -0.25) is 0 Å². The molecule has 2 aromatic heterocycles. The van der Waals surface area contributed by atoms with E-state index in [9.17, 15) is 0 Å². The van der Waals surface area contributed by atoms with Crippen LogP contribution in [0.3, 0.4) is 0 Å². The van der Waals surface area contributed by atoms with Crippen molar-refractivity contribution in [2.45, 2.75) is 20.4 Å². The van der Waals surface area contributed by atoms with Crippen LogP contribution in [0, 0.1) is 4.77 Å². The number of nitrogens with one attached hydrogen (secondary N) is 1. The van der Waals surface area contributed by atoms with E-state index in [0.29, 0.717) is 0 Å². The molecule has 0 amide bonds. The van der Waals surface area contributed by atoms with E-state index < -0.39 is 0 Å². The fraction of sp³-hybridized carbons (Fsp3) is 0.500. The van der Waals surface area contributed by atoms with Crippen molar-refractivity contribution in [2.75, 3.05) is 19.6 Å². The van der Waals surface area contributed by atoms with Gasteiger partial charge in [0, 0.05) is 23.8 Å². The number of H-pyrrole nitrogens is 1. The molecule has 1 N–H and O–H groups in total. The number of rotatable bonds is 5. The number of fused-ring (bicyclic) bond motifs is 1. The highest BCUT2D eigenvalue weighted by molar-refractivity contribution is 9.10. The molecule has 2 aromatic rings. The molecule has 18 heavy (non-hydrogen) atoms. The van der Waals surface area contributed by atoms with Gasteiger partial charge >= 0.3 is 0 Å². The Morgan fingerprint density at radius 3 is 2.83 bits per heavy atom. The summed E-state index contributed by atoms with van der Waals surface area (Å²) in [6.07, 6.45) is 1.80. The summed E-state index contributed by atoms with van der Waals surface area (Å²) < 4.78 is 3.76. The molecule has 6 heteroatoms. The van der Waals surface area contributed by atoms with Gasteiger partial charge in [-0.15, -0.1) is 0 Å². The summed E-state index contributed by atoms with van der Waals surface area (Å²) in [5, 5.41) is 0. The molecule has 0 aromatic carbocycles. The minimum Gasteiger partial charge on any atom is -0.329 e. The molecule has 0 aliphatic rings. The van der Waals surface area contributed by atoms with Crippen LogP contribution in [0.4, 0.5) is 0 Å². The first kappa shape index (κ1) is 13.7. The topological polar surface area (TPSA) is 36.9 Å². The third-order valence-electron chi connectivity index (χ3n) is 3.11. The van der Waals surface area contributed by atoms with E-state index in [4.69, 9.17) is 12.2 Å². The Morgan fingerprint density at radius 1 is 1.44 bits per heavy atom. The van der Waals surface area contributed by atoms with Crippen molar-refractivity contribution in [1.82, 2.24) is 19.4 Å². The largest absolute Gasteiger partial charge is 0.329 e. The van der Waals surface area contributed by atoms with E-state index in [1.807, 2.05) is 6.07 Å². The zero-order valence-corrected chi connectivity index (χ0v) is 13.0. The Balaban J connectivity index is 2.28. The van der Waals surface area contributed by atoms with Gasteiger partial charge in [0.05, 0.1) is 5.52 Å². The average molecular weight is 329 g/mol. The fourth-order valence-corrected chi connectivity index (χ4v) is 2.63. The van der Waals surface area contributed by atoms with Gasteiger partial charge in [-0.2, -0.15) is 0 Å². The summed E-state index contributed by atoms with van der Waals surface area (Å²) in [5.74, 6) is 0. The highest BCUT2D eigenvalue weighted by Gasteiger charge is 2.07. The maximum absolute atomic E-state index is 5.35. The van der Waals surface area contributed by atoms with Gasteiger partial charge in [0.25, 0.3) is 0 Å². The lowest BCUT2D eigenvalue weighted by Gasteiger charge is -2.18. The molecule has 0 unspecified atom stereocenters. The normalized spacial score (nSPS) is 11.6. The number of halogens is 1. The first-order valence-electron chi connectivity index (χ1n) is 6.12. The van der Waals surface area contributed by atoms with Crippen LogP contribution in [0.15, 0.2) is 16.7 Å². The summed E-state index contributed by atoms with van der Waals surface area (Å²) in [7, 11) is 0. The van der Waals surface area contributed by atoms with Crippen LogP contribution in [-0.4, -0.2) is 39.1 Å². The molecule has 0 fully saturated rings. The molecule has 2 heterocycles. The summed E-state index contributed by atoms with van der Waals surface area (Å²) >= 11 is 8.77. The minimum absolute atomic E-state index is 0.739. The molecule has 0 atom stereocenters. The van der Waals surface area contributed by atoms with Crippen molar-refractivity contribution in [3.05, 3.63) is 21.5 Å². The van der Waals surface area contributed by atoms with Crippen LogP contribution < -0.4 is 0 Å². The number of pyridine rings is 1. The fourth-order valence-electron chi connectivity index (χ4n) is 2.01. The number of imidazole rings is 1. The first-order valence-corrected chi connectivity index (χ1v) is 7.32. The maximum Gasteiger partial charge on any atom is 0.179 e. The van der Waals surface area contributed by atoms with E-state index in [1.54, 1.807) is 6.20 Å². The van der Waals surface area contributed by atoms with Crippen molar-refractivity contribution in [3.8, 4) is 0 Å². The van der Waals surface area contributed by atoms with Gasteiger partial charge < -0.3 is 14.5 Å². The summed E-state index contributed by atoms with van der Waals surface area (Å²) in [6, 6.07) is 2.01. The molecule has 0 aliphatic carbocycles. The van der Waals surface area contributed by atoms with Crippen LogP contribution in [-0.2, 0) is 6.54 Å². The lowest BCUT2D eigenvalue weighted by molar-refractivity contribution is 0.291. The van der Waals surface area contributed by atoms with E-state index in [0.717, 1.165) is 46.6 Å². The van der Waals surface area contributed by atoms with E-state index >= 15 is 0 Å². The molecule has 0 saturated heterocycles. The van der Waals surface area contributed by atoms with Crippen molar-refractivity contribution in [3.63, 3.8) is 0 Å². The standard InChI is InChI=1S/C12H17BrN4S/c1-3-16(4-2)5-6-17-11-10(15-12(17)18)7-9(13)8-14-11/h7-8H,3-6H2,1-2H3,(H,15,18). The molecule has 0 bridgehead atoms. The van der Waals surface area contributed by atoms with Crippen LogP contribution in [0.25, 0.3) is 11.2 Å². The van der Waals surface area contributed by atoms with Gasteiger partial charge in [-0.05, 0) is 47.3 Å². The summed E-state index contributed by atoms with van der Waals surface area (Å²) in [5.41, 5.74) is 1.91. The molecule has 4 nitrogen and oxygen atoms in total. The highest BCUT2D eigenvalue weighted by Crippen LogP contribution is 2.16. The molecule has 0 saturated carbocycles. The predicted octanol–water partition coefficient (Wildman–Crippen LogP) is 3.20. The van der Waals surface area contributed by atoms with Crippen LogP contribution in [0.2, 0.25) is 0 Å². The third kappa shape index (κ3) is 2.81. The van der Waals surface area contributed by atoms with E-state index in [-0.39, 0.29) is 0 Å². The lowest BCUT2D eigenvalue weighted by atomic mass is 10.4. The van der Waals surface area contributed by atoms with Gasteiger partial charge in [0.2, 0.25) is 0 Å². The molecule has 0 radical (unpaired) electrons. The second kappa shape index (κ2) is 5.95. The van der Waals surface area contributed by atoms with Gasteiger partial charge in [0.1, 0.15) is 0 Å². The Kier molecular flexibility index (Phi) is 4.53. The Morgan fingerprint density at radius 2 is 2.17 bits per heavy atom. The van der Waals surface area contributed by atoms with Crippen molar-refractivity contribution in [1.29, 1.82) is 0 Å². The molecule has 0 spiro atoms.